The molecule has 0 spiro atoms. The molecule has 3 atom stereocenters. The number of alkyl halides is 5. The summed E-state index contributed by atoms with van der Waals surface area (Å²) in [5.74, 6) is -4.77. The molecule has 1 N–H and O–H groups in total. The van der Waals surface area contributed by atoms with Crippen LogP contribution >= 0.6 is 47.8 Å². The summed E-state index contributed by atoms with van der Waals surface area (Å²) in [7, 11) is -6.54. The van der Waals surface area contributed by atoms with Crippen LogP contribution in [0.4, 0.5) is 22.0 Å². The number of ether oxygens (including phenoxy) is 2. The van der Waals surface area contributed by atoms with Crippen LogP contribution < -0.4 is 0 Å². The molecule has 3 unspecified atom stereocenters. The molecule has 5 rings (SSSR count). The summed E-state index contributed by atoms with van der Waals surface area (Å²) in [6, 6.07) is 3.29. The number of hydrogen-bond acceptors (Lipinski definition) is 6. The highest BCUT2D eigenvalue weighted by atomic mass is 79.9. The van der Waals surface area contributed by atoms with E-state index in [1.807, 2.05) is 0 Å². The first-order valence-corrected chi connectivity index (χ1v) is 14.7. The summed E-state index contributed by atoms with van der Waals surface area (Å²) < 4.78 is 110. The topological polar surface area (TPSA) is 107 Å². The molecule has 1 aromatic rings. The van der Waals surface area contributed by atoms with Gasteiger partial charge in [-0.2, -0.15) is 30.4 Å². The van der Waals surface area contributed by atoms with Crippen molar-refractivity contribution in [1.29, 1.82) is 0 Å². The first-order chi connectivity index (χ1) is 16.8. The Kier molecular flexibility index (Phi) is 7.61. The third-order valence-corrected chi connectivity index (χ3v) is 9.80. The van der Waals surface area contributed by atoms with Crippen LogP contribution in [0, 0.1) is 23.7 Å². The molecule has 37 heavy (non-hydrogen) atoms. The molecule has 4 aliphatic carbocycles. The van der Waals surface area contributed by atoms with Gasteiger partial charge < -0.3 is 9.47 Å². The van der Waals surface area contributed by atoms with E-state index in [2.05, 4.69) is 52.5 Å². The van der Waals surface area contributed by atoms with Crippen molar-refractivity contribution in [3.8, 4) is 0 Å². The fourth-order valence-electron chi connectivity index (χ4n) is 6.10. The zero-order valence-corrected chi connectivity index (χ0v) is 24.0. The lowest BCUT2D eigenvalue weighted by molar-refractivity contribution is -0.265. The average Bonchev–Trinajstić information content (AvgIpc) is 2.68. The summed E-state index contributed by atoms with van der Waals surface area (Å²) in [4.78, 5) is 25.9. The Morgan fingerprint density at radius 1 is 1.00 bits per heavy atom. The molecule has 4 fully saturated rings. The minimum atomic E-state index is -6.54. The smallest absolute Gasteiger partial charge is 0.432 e. The van der Waals surface area contributed by atoms with Gasteiger partial charge in [0.2, 0.25) is 0 Å². The van der Waals surface area contributed by atoms with Gasteiger partial charge in [0.15, 0.2) is 0 Å². The number of benzene rings is 1. The lowest BCUT2D eigenvalue weighted by Gasteiger charge is -2.58. The van der Waals surface area contributed by atoms with Crippen LogP contribution in [0.3, 0.4) is 0 Å². The number of rotatable bonds is 6. The zero-order valence-electron chi connectivity index (χ0n) is 18.4. The van der Waals surface area contributed by atoms with Gasteiger partial charge in [0.05, 0.1) is 11.5 Å². The maximum atomic E-state index is 13.9. The standard InChI is InChI=1S/C21H18Br3F5O7S/c22-11-3-12(23)15(13(24)4-11)17(31)36-19-5-8-1-9(6-19)14(10(2-8)7-19)16(30)35-18(20(25,26)27)21(28,29)37(32,33)34/h3-4,8-10,14,18H,1-2,5-7H2,(H,32,33,34). The van der Waals surface area contributed by atoms with E-state index in [0.717, 1.165) is 0 Å². The van der Waals surface area contributed by atoms with Crippen LogP contribution in [-0.4, -0.2) is 48.0 Å². The van der Waals surface area contributed by atoms with E-state index in [4.69, 9.17) is 9.29 Å². The predicted molar refractivity (Wildman–Crippen MR) is 127 cm³/mol. The highest BCUT2D eigenvalue weighted by Gasteiger charge is 2.67. The third kappa shape index (κ3) is 5.46. The van der Waals surface area contributed by atoms with E-state index in [9.17, 15) is 40.0 Å². The summed E-state index contributed by atoms with van der Waals surface area (Å²) in [5.41, 5.74) is -0.784. The monoisotopic (exact) mass is 746 g/mol. The van der Waals surface area contributed by atoms with Gasteiger partial charge >= 0.3 is 33.5 Å². The molecule has 16 heteroatoms. The van der Waals surface area contributed by atoms with Gasteiger partial charge in [-0.25, -0.2) is 4.79 Å². The number of hydrogen-bond donors (Lipinski definition) is 1. The van der Waals surface area contributed by atoms with E-state index >= 15 is 0 Å². The lowest BCUT2D eigenvalue weighted by atomic mass is 9.50. The second-order valence-electron chi connectivity index (χ2n) is 9.71. The average molecular weight is 749 g/mol. The van der Waals surface area contributed by atoms with E-state index in [1.165, 1.54) is 0 Å². The van der Waals surface area contributed by atoms with Gasteiger partial charge in [-0.05, 0) is 93.9 Å². The summed E-state index contributed by atoms with van der Waals surface area (Å²) in [6.45, 7) is 0. The van der Waals surface area contributed by atoms with Crippen molar-refractivity contribution < 1.29 is 54.0 Å². The van der Waals surface area contributed by atoms with Crippen LogP contribution in [0.25, 0.3) is 0 Å². The van der Waals surface area contributed by atoms with E-state index in [0.29, 0.717) is 32.7 Å². The van der Waals surface area contributed by atoms with Gasteiger partial charge in [-0.3, -0.25) is 9.35 Å². The summed E-state index contributed by atoms with van der Waals surface area (Å²) >= 11 is 9.92. The largest absolute Gasteiger partial charge is 0.455 e. The first-order valence-electron chi connectivity index (χ1n) is 10.8. The minimum absolute atomic E-state index is 0.0103. The molecule has 0 heterocycles. The third-order valence-electron chi connectivity index (χ3n) is 7.19. The molecule has 0 amide bonds. The highest BCUT2D eigenvalue weighted by molar-refractivity contribution is 9.11. The molecular weight excluding hydrogens is 731 g/mol. The molecule has 206 valence electrons. The SMILES string of the molecule is O=C(OC12CC3CC(C1)C(C(=O)OC(C(F)(F)F)C(F)(F)S(=O)(=O)O)C(C3)C2)c1c(Br)cc(Br)cc1Br. The number of carbonyl (C=O) groups is 2. The maximum absolute atomic E-state index is 13.9. The Bertz CT molecular complexity index is 1200. The van der Waals surface area contributed by atoms with Crippen LogP contribution in [0.5, 0.6) is 0 Å². The van der Waals surface area contributed by atoms with E-state index in [-0.39, 0.29) is 24.3 Å². The number of carbonyl (C=O) groups excluding carboxylic acids is 2. The molecule has 4 aliphatic rings. The van der Waals surface area contributed by atoms with Gasteiger partial charge in [-0.1, -0.05) is 15.9 Å². The molecular formula is C21H18Br3F5O7S. The van der Waals surface area contributed by atoms with Crippen molar-refractivity contribution in [3.05, 3.63) is 31.1 Å². The normalized spacial score (nSPS) is 30.2. The van der Waals surface area contributed by atoms with Crippen LogP contribution in [0.1, 0.15) is 42.5 Å². The van der Waals surface area contributed by atoms with Crippen molar-refractivity contribution in [2.75, 3.05) is 0 Å². The fraction of sp³-hybridized carbons (Fsp3) is 0.619. The minimum Gasteiger partial charge on any atom is -0.455 e. The van der Waals surface area contributed by atoms with Crippen molar-refractivity contribution in [3.63, 3.8) is 0 Å². The van der Waals surface area contributed by atoms with Crippen LogP contribution in [-0.2, 0) is 24.4 Å². The molecule has 0 aliphatic heterocycles. The lowest BCUT2D eigenvalue weighted by Crippen LogP contribution is -2.59. The summed E-state index contributed by atoms with van der Waals surface area (Å²) in [6.07, 6.45) is -8.91. The molecule has 0 radical (unpaired) electrons. The Morgan fingerprint density at radius 3 is 1.97 bits per heavy atom. The van der Waals surface area contributed by atoms with Gasteiger partial charge in [0.25, 0.3) is 6.10 Å². The van der Waals surface area contributed by atoms with E-state index in [1.54, 1.807) is 12.1 Å². The van der Waals surface area contributed by atoms with Gasteiger partial charge in [0, 0.05) is 13.4 Å². The quantitative estimate of drug-likeness (QED) is 0.208. The molecule has 0 aromatic heterocycles. The molecule has 7 nitrogen and oxygen atoms in total. The van der Waals surface area contributed by atoms with Crippen LogP contribution in [0.2, 0.25) is 0 Å². The Labute approximate surface area is 232 Å². The second kappa shape index (κ2) is 9.66. The molecule has 0 saturated heterocycles. The highest BCUT2D eigenvalue weighted by Crippen LogP contribution is 2.60. The Balaban J connectivity index is 1.55. The van der Waals surface area contributed by atoms with Crippen molar-refractivity contribution in [1.82, 2.24) is 0 Å². The van der Waals surface area contributed by atoms with Crippen molar-refractivity contribution >= 4 is 69.8 Å². The Hall–Kier alpha value is -0.840. The maximum Gasteiger partial charge on any atom is 0.432 e. The second-order valence-corrected chi connectivity index (χ2v) is 13.8. The van der Waals surface area contributed by atoms with Crippen molar-refractivity contribution in [2.45, 2.75) is 55.2 Å². The predicted octanol–water partition coefficient (Wildman–Crippen LogP) is 6.28. The zero-order chi connectivity index (χ0) is 27.7. The molecule has 4 bridgehead atoms. The number of halogens is 8. The first kappa shape index (κ1) is 29.2. The van der Waals surface area contributed by atoms with E-state index < -0.39 is 62.9 Å². The van der Waals surface area contributed by atoms with Crippen molar-refractivity contribution in [2.24, 2.45) is 23.7 Å². The number of esters is 2. The van der Waals surface area contributed by atoms with Gasteiger partial charge in [-0.15, -0.1) is 0 Å². The summed E-state index contributed by atoms with van der Waals surface area (Å²) in [5, 5.41) is -5.80. The Morgan fingerprint density at radius 2 is 1.51 bits per heavy atom. The molecule has 1 aromatic carbocycles. The van der Waals surface area contributed by atoms with Crippen LogP contribution in [0.15, 0.2) is 25.6 Å². The van der Waals surface area contributed by atoms with Gasteiger partial charge in [0.1, 0.15) is 5.60 Å². The fourth-order valence-corrected chi connectivity index (χ4v) is 9.14. The molecule has 4 saturated carbocycles.